The number of ether oxygens (including phenoxy) is 1. The molecule has 148 valence electrons. The summed E-state index contributed by atoms with van der Waals surface area (Å²) in [5, 5.41) is 8.87. The minimum absolute atomic E-state index is 0.0227. The number of rotatable bonds is 7. The summed E-state index contributed by atoms with van der Waals surface area (Å²) in [5.74, 6) is -5.36. The van der Waals surface area contributed by atoms with Crippen LogP contribution in [0.4, 0.5) is 8.78 Å². The lowest BCUT2D eigenvalue weighted by Crippen LogP contribution is -2.38. The average molecular weight is 380 g/mol. The lowest BCUT2D eigenvalue weighted by molar-refractivity contribution is -0.195. The van der Waals surface area contributed by atoms with E-state index in [2.05, 4.69) is 0 Å². The van der Waals surface area contributed by atoms with Gasteiger partial charge in [-0.25, -0.2) is 4.79 Å². The molecular weight excluding hydrogens is 354 g/mol. The zero-order valence-electron chi connectivity index (χ0n) is 15.3. The molecule has 6 heteroatoms. The second-order valence-corrected chi connectivity index (χ2v) is 7.98. The van der Waals surface area contributed by atoms with Crippen LogP contribution in [0.5, 0.6) is 0 Å². The maximum atomic E-state index is 14.1. The van der Waals surface area contributed by atoms with E-state index in [-0.39, 0.29) is 12.0 Å². The van der Waals surface area contributed by atoms with Crippen LogP contribution in [-0.4, -0.2) is 23.0 Å². The monoisotopic (exact) mass is 380 g/mol. The molecule has 27 heavy (non-hydrogen) atoms. The van der Waals surface area contributed by atoms with Gasteiger partial charge in [0.2, 0.25) is 6.10 Å². The van der Waals surface area contributed by atoms with Crippen molar-refractivity contribution in [2.24, 2.45) is 17.8 Å². The van der Waals surface area contributed by atoms with Crippen molar-refractivity contribution >= 4 is 11.9 Å². The number of carbonyl (C=O) groups is 2. The van der Waals surface area contributed by atoms with Gasteiger partial charge >= 0.3 is 17.9 Å². The fourth-order valence-electron chi connectivity index (χ4n) is 4.71. The average Bonchev–Trinajstić information content (AvgIpc) is 2.64. The van der Waals surface area contributed by atoms with Crippen LogP contribution >= 0.6 is 0 Å². The lowest BCUT2D eigenvalue weighted by atomic mass is 9.67. The Balaban J connectivity index is 1.60. The van der Waals surface area contributed by atoms with Crippen LogP contribution in [-0.2, 0) is 14.3 Å². The molecule has 2 saturated carbocycles. The van der Waals surface area contributed by atoms with E-state index in [1.54, 1.807) is 6.07 Å². The van der Waals surface area contributed by atoms with E-state index in [0.29, 0.717) is 12.3 Å². The number of carboxylic acid groups (broad SMARTS) is 1. The standard InChI is InChI=1S/C21H26F2O4/c22-21(23,20(25)26)19(17-7-2-1-3-8-17)27-18(24)10-9-16-12-14-5-4-6-15(11-14)13-16/h1-3,7-8,14-16,19H,4-6,9-13H2,(H,25,26). The molecule has 2 bridgehead atoms. The first-order valence-electron chi connectivity index (χ1n) is 9.72. The molecule has 0 amide bonds. The highest BCUT2D eigenvalue weighted by atomic mass is 19.3. The number of esters is 1. The molecule has 2 aliphatic carbocycles. The van der Waals surface area contributed by atoms with E-state index in [0.717, 1.165) is 24.7 Å². The second kappa shape index (κ2) is 8.36. The van der Waals surface area contributed by atoms with Crippen molar-refractivity contribution in [3.05, 3.63) is 35.9 Å². The molecule has 0 saturated heterocycles. The zero-order valence-corrected chi connectivity index (χ0v) is 15.3. The minimum Gasteiger partial charge on any atom is -0.477 e. The number of carboxylic acids is 1. The number of benzene rings is 1. The fraction of sp³-hybridized carbons (Fsp3) is 0.619. The summed E-state index contributed by atoms with van der Waals surface area (Å²) in [5.41, 5.74) is -0.0227. The predicted octanol–water partition coefficient (Wildman–Crippen LogP) is 4.99. The van der Waals surface area contributed by atoms with Crippen molar-refractivity contribution in [1.82, 2.24) is 0 Å². The van der Waals surface area contributed by atoms with Gasteiger partial charge in [0.1, 0.15) is 0 Å². The number of fused-ring (bicyclic) bond motifs is 2. The van der Waals surface area contributed by atoms with Crippen LogP contribution in [0, 0.1) is 17.8 Å². The highest BCUT2D eigenvalue weighted by Crippen LogP contribution is 2.44. The van der Waals surface area contributed by atoms with Gasteiger partial charge in [-0.3, -0.25) is 4.79 Å². The largest absolute Gasteiger partial charge is 0.477 e. The predicted molar refractivity (Wildman–Crippen MR) is 95.3 cm³/mol. The molecule has 0 radical (unpaired) electrons. The van der Waals surface area contributed by atoms with Gasteiger partial charge in [-0.1, -0.05) is 49.6 Å². The first-order chi connectivity index (χ1) is 12.9. The molecule has 0 spiro atoms. The molecule has 0 heterocycles. The molecule has 4 nitrogen and oxygen atoms in total. The van der Waals surface area contributed by atoms with Crippen molar-refractivity contribution in [1.29, 1.82) is 0 Å². The Morgan fingerprint density at radius 1 is 1.11 bits per heavy atom. The molecule has 1 aromatic carbocycles. The Bertz CT molecular complexity index is 649. The van der Waals surface area contributed by atoms with Gasteiger partial charge in [-0.15, -0.1) is 0 Å². The van der Waals surface area contributed by atoms with E-state index in [4.69, 9.17) is 9.84 Å². The van der Waals surface area contributed by atoms with E-state index >= 15 is 0 Å². The van der Waals surface area contributed by atoms with E-state index in [1.165, 1.54) is 49.9 Å². The van der Waals surface area contributed by atoms with Gasteiger partial charge in [-0.05, 0) is 49.0 Å². The summed E-state index contributed by atoms with van der Waals surface area (Å²) in [7, 11) is 0. The number of carbonyl (C=O) groups excluding carboxylic acids is 1. The number of alkyl halides is 2. The Morgan fingerprint density at radius 3 is 2.33 bits per heavy atom. The van der Waals surface area contributed by atoms with Gasteiger partial charge < -0.3 is 9.84 Å². The van der Waals surface area contributed by atoms with Crippen LogP contribution in [0.2, 0.25) is 0 Å². The van der Waals surface area contributed by atoms with Crippen molar-refractivity contribution in [2.45, 2.75) is 63.4 Å². The minimum atomic E-state index is -4.18. The third-order valence-corrected chi connectivity index (χ3v) is 5.95. The Kier molecular flexibility index (Phi) is 6.12. The lowest BCUT2D eigenvalue weighted by Gasteiger charge is -2.39. The topological polar surface area (TPSA) is 63.6 Å². The highest BCUT2D eigenvalue weighted by molar-refractivity contribution is 5.78. The first kappa shape index (κ1) is 19.8. The van der Waals surface area contributed by atoms with Crippen molar-refractivity contribution in [3.8, 4) is 0 Å². The quantitative estimate of drug-likeness (QED) is 0.677. The van der Waals surface area contributed by atoms with Crippen LogP contribution in [0.1, 0.15) is 63.0 Å². The number of hydrogen-bond donors (Lipinski definition) is 1. The third-order valence-electron chi connectivity index (χ3n) is 5.95. The van der Waals surface area contributed by atoms with E-state index in [9.17, 15) is 18.4 Å². The van der Waals surface area contributed by atoms with Crippen LogP contribution in [0.15, 0.2) is 30.3 Å². The molecule has 3 unspecified atom stereocenters. The first-order valence-corrected chi connectivity index (χ1v) is 9.72. The van der Waals surface area contributed by atoms with Crippen molar-refractivity contribution < 1.29 is 28.2 Å². The number of halogens is 2. The number of hydrogen-bond acceptors (Lipinski definition) is 3. The van der Waals surface area contributed by atoms with Crippen LogP contribution in [0.25, 0.3) is 0 Å². The molecular formula is C21H26F2O4. The van der Waals surface area contributed by atoms with Crippen molar-refractivity contribution in [2.75, 3.05) is 0 Å². The van der Waals surface area contributed by atoms with Gasteiger partial charge in [0.25, 0.3) is 0 Å². The van der Waals surface area contributed by atoms with Gasteiger partial charge in [0, 0.05) is 6.42 Å². The van der Waals surface area contributed by atoms with Crippen LogP contribution in [0.3, 0.4) is 0 Å². The SMILES string of the molecule is O=C(CCC1CC2CCCC(C2)C1)OC(c1ccccc1)C(F)(F)C(=O)O. The third kappa shape index (κ3) is 4.85. The van der Waals surface area contributed by atoms with E-state index in [1.807, 2.05) is 0 Å². The van der Waals surface area contributed by atoms with Crippen LogP contribution < -0.4 is 0 Å². The fourth-order valence-corrected chi connectivity index (χ4v) is 4.71. The molecule has 0 aromatic heterocycles. The molecule has 3 rings (SSSR count). The summed E-state index contributed by atoms with van der Waals surface area (Å²) in [6.07, 6.45) is 5.80. The smallest absolute Gasteiger partial charge is 0.382 e. The van der Waals surface area contributed by atoms with E-state index < -0.39 is 24.0 Å². The maximum Gasteiger partial charge on any atom is 0.382 e. The Labute approximate surface area is 157 Å². The van der Waals surface area contributed by atoms with Gasteiger partial charge in [0.05, 0.1) is 0 Å². The van der Waals surface area contributed by atoms with Gasteiger partial charge in [-0.2, -0.15) is 8.78 Å². The number of aliphatic carboxylic acids is 1. The summed E-state index contributed by atoms with van der Waals surface area (Å²) in [6.45, 7) is 0. The molecule has 2 fully saturated rings. The summed E-state index contributed by atoms with van der Waals surface area (Å²) < 4.78 is 33.2. The molecule has 0 aliphatic heterocycles. The summed E-state index contributed by atoms with van der Waals surface area (Å²) >= 11 is 0. The second-order valence-electron chi connectivity index (χ2n) is 7.98. The van der Waals surface area contributed by atoms with Gasteiger partial charge in [0.15, 0.2) is 0 Å². The van der Waals surface area contributed by atoms with Crippen molar-refractivity contribution in [3.63, 3.8) is 0 Å². The maximum absolute atomic E-state index is 14.1. The molecule has 2 aliphatic rings. The molecule has 1 N–H and O–H groups in total. The zero-order chi connectivity index (χ0) is 19.4. The Morgan fingerprint density at radius 2 is 1.74 bits per heavy atom. The Hall–Kier alpha value is -1.98. The highest BCUT2D eigenvalue weighted by Gasteiger charge is 2.51. The summed E-state index contributed by atoms with van der Waals surface area (Å²) in [4.78, 5) is 23.2. The summed E-state index contributed by atoms with van der Waals surface area (Å²) in [6, 6.07) is 7.33. The normalized spacial score (nSPS) is 26.2. The molecule has 3 atom stereocenters. The molecule has 1 aromatic rings.